The summed E-state index contributed by atoms with van der Waals surface area (Å²) >= 11 is 0. The van der Waals surface area contributed by atoms with E-state index in [0.717, 1.165) is 13.1 Å². The molecule has 1 aromatic heterocycles. The van der Waals surface area contributed by atoms with E-state index in [1.807, 2.05) is 6.92 Å². The van der Waals surface area contributed by atoms with Crippen molar-refractivity contribution in [2.75, 3.05) is 70.2 Å². The molecule has 43 heavy (non-hydrogen) atoms. The van der Waals surface area contributed by atoms with Gasteiger partial charge in [-0.25, -0.2) is 4.79 Å². The molecule has 13 nitrogen and oxygen atoms in total. The molecule has 3 N–H and O–H groups in total. The van der Waals surface area contributed by atoms with Crippen molar-refractivity contribution in [2.45, 2.75) is 52.7 Å². The summed E-state index contributed by atoms with van der Waals surface area (Å²) in [6.45, 7) is 11.2. The molecular formula is C30H44N6O7. The maximum atomic E-state index is 13.5. The molecule has 4 amide bonds. The van der Waals surface area contributed by atoms with Crippen LogP contribution in [0.4, 0.5) is 16.2 Å². The highest BCUT2D eigenvalue weighted by molar-refractivity contribution is 5.91. The summed E-state index contributed by atoms with van der Waals surface area (Å²) in [5.74, 6) is 0.567. The highest BCUT2D eigenvalue weighted by Gasteiger charge is 2.32. The van der Waals surface area contributed by atoms with Gasteiger partial charge in [-0.2, -0.15) is 0 Å². The van der Waals surface area contributed by atoms with Crippen molar-refractivity contribution in [2.24, 2.45) is 5.92 Å². The third-order valence-electron chi connectivity index (χ3n) is 8.02. The van der Waals surface area contributed by atoms with Crippen molar-refractivity contribution in [1.29, 1.82) is 0 Å². The molecule has 0 saturated carbocycles. The van der Waals surface area contributed by atoms with Gasteiger partial charge in [0.1, 0.15) is 23.2 Å². The summed E-state index contributed by atoms with van der Waals surface area (Å²) in [5, 5.41) is 19.6. The summed E-state index contributed by atoms with van der Waals surface area (Å²) in [7, 11) is 1.67. The molecule has 13 heteroatoms. The minimum absolute atomic E-state index is 0.0406. The number of ether oxygens (including phenoxy) is 2. The van der Waals surface area contributed by atoms with Gasteiger partial charge < -0.3 is 39.5 Å². The van der Waals surface area contributed by atoms with Crippen molar-refractivity contribution < 1.29 is 33.5 Å². The minimum Gasteiger partial charge on any atom is -0.488 e. The fourth-order valence-corrected chi connectivity index (χ4v) is 5.25. The first-order valence-electron chi connectivity index (χ1n) is 14.8. The molecular weight excluding hydrogens is 556 g/mol. The van der Waals surface area contributed by atoms with Crippen molar-refractivity contribution in [3.05, 3.63) is 35.2 Å². The molecule has 4 rings (SSSR count). The molecule has 0 spiro atoms. The maximum Gasteiger partial charge on any atom is 0.321 e. The third-order valence-corrected chi connectivity index (χ3v) is 8.02. The fourth-order valence-electron chi connectivity index (χ4n) is 5.25. The Morgan fingerprint density at radius 2 is 1.95 bits per heavy atom. The lowest BCUT2D eigenvalue weighted by Gasteiger charge is -2.34. The number of rotatable bonds is 9. The lowest BCUT2D eigenvalue weighted by atomic mass is 10.0. The van der Waals surface area contributed by atoms with Crippen LogP contribution in [0.1, 0.15) is 37.3 Å². The molecule has 0 unspecified atom stereocenters. The molecule has 0 aliphatic carbocycles. The SMILES string of the molecule is Cc1noc(C)c1NC(=O)N(C)C[C@H]1Oc2ccc(NC(=O)CCN3CCOCC3)cc2CC(=O)N([C@@H](C)CO)C[C@@H]1C. The van der Waals surface area contributed by atoms with Gasteiger partial charge >= 0.3 is 6.03 Å². The van der Waals surface area contributed by atoms with Crippen LogP contribution in [-0.4, -0.2) is 115 Å². The molecule has 0 radical (unpaired) electrons. The van der Waals surface area contributed by atoms with E-state index in [2.05, 4.69) is 20.7 Å². The normalized spacial score (nSPS) is 20.2. The molecule has 236 valence electrons. The van der Waals surface area contributed by atoms with Gasteiger partial charge in [0.15, 0.2) is 5.76 Å². The third kappa shape index (κ3) is 8.46. The van der Waals surface area contributed by atoms with E-state index in [1.165, 1.54) is 4.90 Å². The number of aliphatic hydroxyl groups excluding tert-OH is 1. The van der Waals surface area contributed by atoms with Crippen LogP contribution in [0.3, 0.4) is 0 Å². The van der Waals surface area contributed by atoms with Crippen molar-refractivity contribution in [3.8, 4) is 5.75 Å². The molecule has 2 aliphatic rings. The summed E-state index contributed by atoms with van der Waals surface area (Å²) in [5.41, 5.74) is 2.30. The Hall–Kier alpha value is -3.68. The van der Waals surface area contributed by atoms with E-state index in [-0.39, 0.29) is 43.3 Å². The number of benzene rings is 1. The number of fused-ring (bicyclic) bond motifs is 1. The number of anilines is 2. The van der Waals surface area contributed by atoms with Crippen LogP contribution in [0.2, 0.25) is 0 Å². The Kier molecular flexibility index (Phi) is 11.0. The van der Waals surface area contributed by atoms with E-state index in [0.29, 0.717) is 66.9 Å². The van der Waals surface area contributed by atoms with E-state index >= 15 is 0 Å². The predicted molar refractivity (Wildman–Crippen MR) is 160 cm³/mol. The van der Waals surface area contributed by atoms with Crippen molar-refractivity contribution in [3.63, 3.8) is 0 Å². The van der Waals surface area contributed by atoms with Crippen molar-refractivity contribution >= 4 is 29.2 Å². The number of aliphatic hydroxyl groups is 1. The fraction of sp³-hybridized carbons (Fsp3) is 0.600. The van der Waals surface area contributed by atoms with Gasteiger partial charge in [0.25, 0.3) is 0 Å². The Morgan fingerprint density at radius 1 is 1.21 bits per heavy atom. The van der Waals surface area contributed by atoms with Gasteiger partial charge in [-0.05, 0) is 39.0 Å². The number of carbonyl (C=O) groups is 3. The smallest absolute Gasteiger partial charge is 0.321 e. The topological polar surface area (TPSA) is 150 Å². The van der Waals surface area contributed by atoms with Crippen LogP contribution >= 0.6 is 0 Å². The zero-order valence-electron chi connectivity index (χ0n) is 25.7. The molecule has 0 bridgehead atoms. The van der Waals surface area contributed by atoms with E-state index < -0.39 is 12.1 Å². The Bertz CT molecular complexity index is 1260. The van der Waals surface area contributed by atoms with Gasteiger partial charge in [-0.1, -0.05) is 12.1 Å². The van der Waals surface area contributed by atoms with E-state index in [4.69, 9.17) is 14.0 Å². The lowest BCUT2D eigenvalue weighted by molar-refractivity contribution is -0.134. The molecule has 1 aromatic carbocycles. The van der Waals surface area contributed by atoms with Crippen LogP contribution in [0.25, 0.3) is 0 Å². The number of nitrogens with zero attached hydrogens (tertiary/aromatic N) is 4. The Balaban J connectivity index is 1.51. The number of hydrogen-bond donors (Lipinski definition) is 3. The van der Waals surface area contributed by atoms with Gasteiger partial charge in [0, 0.05) is 56.8 Å². The van der Waals surface area contributed by atoms with Crippen LogP contribution in [0.15, 0.2) is 22.7 Å². The largest absolute Gasteiger partial charge is 0.488 e. The number of morpholine rings is 1. The monoisotopic (exact) mass is 600 g/mol. The number of nitrogens with one attached hydrogen (secondary N) is 2. The van der Waals surface area contributed by atoms with Gasteiger partial charge in [0.05, 0.1) is 38.8 Å². The predicted octanol–water partition coefficient (Wildman–Crippen LogP) is 2.27. The zero-order valence-corrected chi connectivity index (χ0v) is 25.7. The van der Waals surface area contributed by atoms with Gasteiger partial charge in [-0.15, -0.1) is 0 Å². The number of aryl methyl sites for hydroxylation is 2. The maximum absolute atomic E-state index is 13.5. The second kappa shape index (κ2) is 14.7. The van der Waals surface area contributed by atoms with Crippen LogP contribution < -0.4 is 15.4 Å². The summed E-state index contributed by atoms with van der Waals surface area (Å²) in [6, 6.07) is 4.53. The molecule has 2 aliphatic heterocycles. The van der Waals surface area contributed by atoms with E-state index in [9.17, 15) is 19.5 Å². The first-order valence-corrected chi connectivity index (χ1v) is 14.8. The molecule has 1 fully saturated rings. The quantitative estimate of drug-likeness (QED) is 0.394. The first kappa shape index (κ1) is 32.2. The van der Waals surface area contributed by atoms with E-state index in [1.54, 1.807) is 50.9 Å². The van der Waals surface area contributed by atoms with Crippen LogP contribution in [0, 0.1) is 19.8 Å². The highest BCUT2D eigenvalue weighted by atomic mass is 16.5. The lowest BCUT2D eigenvalue weighted by Crippen LogP contribution is -2.48. The molecule has 1 saturated heterocycles. The average Bonchev–Trinajstić information content (AvgIpc) is 3.32. The van der Waals surface area contributed by atoms with Crippen LogP contribution in [0.5, 0.6) is 5.75 Å². The number of amides is 4. The first-order chi connectivity index (χ1) is 20.5. The van der Waals surface area contributed by atoms with Gasteiger partial charge in [-0.3, -0.25) is 14.5 Å². The standard InChI is InChI=1S/C30H44N6O7/c1-19-16-36(20(2)18-37)28(39)15-23-14-24(31-27(38)8-9-35-10-12-41-13-11-35)6-7-25(23)42-26(19)17-34(5)30(40)32-29-21(3)33-43-22(29)4/h6-7,14,19-20,26,37H,8-13,15-18H2,1-5H3,(H,31,38)(H,32,40)/t19-,20-,26+/m0/s1. The highest BCUT2D eigenvalue weighted by Crippen LogP contribution is 2.29. The number of urea groups is 1. The Labute approximate surface area is 252 Å². The number of likely N-dealkylation sites (N-methyl/N-ethyl adjacent to an activating group) is 1. The van der Waals surface area contributed by atoms with Crippen LogP contribution in [-0.2, 0) is 20.7 Å². The minimum atomic E-state index is -0.479. The average molecular weight is 601 g/mol. The number of aromatic nitrogens is 1. The number of hydrogen-bond acceptors (Lipinski definition) is 9. The summed E-state index contributed by atoms with van der Waals surface area (Å²) in [6.07, 6.45) is -0.0951. The van der Waals surface area contributed by atoms with Gasteiger partial charge in [0.2, 0.25) is 11.8 Å². The van der Waals surface area contributed by atoms with Crippen molar-refractivity contribution in [1.82, 2.24) is 19.9 Å². The second-order valence-electron chi connectivity index (χ2n) is 11.5. The second-order valence-corrected chi connectivity index (χ2v) is 11.5. The zero-order chi connectivity index (χ0) is 31.1. The summed E-state index contributed by atoms with van der Waals surface area (Å²) < 4.78 is 17.0. The summed E-state index contributed by atoms with van der Waals surface area (Å²) in [4.78, 5) is 44.7. The molecule has 3 heterocycles. The Morgan fingerprint density at radius 3 is 2.63 bits per heavy atom. The molecule has 3 atom stereocenters. The molecule has 2 aromatic rings. The number of carbonyl (C=O) groups excluding carboxylic acids is 3.